The molecule has 0 unspecified atom stereocenters. The Bertz CT molecular complexity index is 164. The van der Waals surface area contributed by atoms with Gasteiger partial charge in [-0.2, -0.15) is 0 Å². The summed E-state index contributed by atoms with van der Waals surface area (Å²) in [6.45, 7) is 2.82. The van der Waals surface area contributed by atoms with Crippen molar-refractivity contribution in [2.24, 2.45) is 11.7 Å². The molecule has 0 atom stereocenters. The standard InChI is InChI=1S/C10H17N/c1-2-3-9(6-7-11)8-10-4-5-10/h2-3,8,10H,4-7,11H2,1H3/b3-2-,9-8+. The van der Waals surface area contributed by atoms with Crippen LogP contribution in [0.1, 0.15) is 26.2 Å². The summed E-state index contributed by atoms with van der Waals surface area (Å²) in [5.74, 6) is 0.868. The van der Waals surface area contributed by atoms with Crippen LogP contribution in [0.5, 0.6) is 0 Å². The first-order valence-corrected chi connectivity index (χ1v) is 4.40. The Kier molecular flexibility index (Phi) is 3.37. The molecule has 1 nitrogen and oxygen atoms in total. The number of nitrogens with two attached hydrogens (primary N) is 1. The van der Waals surface area contributed by atoms with Crippen LogP contribution in [0.15, 0.2) is 23.8 Å². The van der Waals surface area contributed by atoms with Gasteiger partial charge in [-0.3, -0.25) is 0 Å². The van der Waals surface area contributed by atoms with E-state index >= 15 is 0 Å². The lowest BCUT2D eigenvalue weighted by molar-refractivity contribution is 0.951. The summed E-state index contributed by atoms with van der Waals surface area (Å²) < 4.78 is 0. The van der Waals surface area contributed by atoms with Gasteiger partial charge >= 0.3 is 0 Å². The van der Waals surface area contributed by atoms with E-state index in [1.807, 2.05) is 0 Å². The van der Waals surface area contributed by atoms with Crippen molar-refractivity contribution in [2.45, 2.75) is 26.2 Å². The fourth-order valence-corrected chi connectivity index (χ4v) is 1.17. The van der Waals surface area contributed by atoms with Crippen LogP contribution in [0.3, 0.4) is 0 Å². The molecule has 0 saturated heterocycles. The number of hydrogen-bond donors (Lipinski definition) is 1. The Morgan fingerprint density at radius 1 is 1.55 bits per heavy atom. The molecule has 0 heterocycles. The first-order valence-electron chi connectivity index (χ1n) is 4.40. The summed E-state index contributed by atoms with van der Waals surface area (Å²) >= 11 is 0. The van der Waals surface area contributed by atoms with Crippen molar-refractivity contribution in [3.8, 4) is 0 Å². The predicted octanol–water partition coefficient (Wildman–Crippen LogP) is 2.25. The molecule has 0 aromatic carbocycles. The highest BCUT2D eigenvalue weighted by atomic mass is 14.5. The van der Waals surface area contributed by atoms with Gasteiger partial charge < -0.3 is 5.73 Å². The van der Waals surface area contributed by atoms with E-state index in [1.165, 1.54) is 18.4 Å². The van der Waals surface area contributed by atoms with Crippen molar-refractivity contribution in [3.63, 3.8) is 0 Å². The van der Waals surface area contributed by atoms with Crippen molar-refractivity contribution >= 4 is 0 Å². The van der Waals surface area contributed by atoms with Gasteiger partial charge in [0.15, 0.2) is 0 Å². The second-order valence-corrected chi connectivity index (χ2v) is 3.12. The fraction of sp³-hybridized carbons (Fsp3) is 0.600. The van der Waals surface area contributed by atoms with E-state index in [0.29, 0.717) is 0 Å². The van der Waals surface area contributed by atoms with E-state index in [2.05, 4.69) is 25.2 Å². The first kappa shape index (κ1) is 8.54. The summed E-state index contributed by atoms with van der Waals surface area (Å²) in [5, 5.41) is 0. The normalized spacial score (nSPS) is 19.6. The molecule has 0 aromatic rings. The summed E-state index contributed by atoms with van der Waals surface area (Å²) in [6, 6.07) is 0. The molecule has 1 fully saturated rings. The van der Waals surface area contributed by atoms with E-state index in [9.17, 15) is 0 Å². The molecule has 1 aliphatic carbocycles. The largest absolute Gasteiger partial charge is 0.330 e. The van der Waals surface area contributed by atoms with Gasteiger partial charge in [-0.1, -0.05) is 23.8 Å². The van der Waals surface area contributed by atoms with Crippen LogP contribution in [0.2, 0.25) is 0 Å². The lowest BCUT2D eigenvalue weighted by atomic mass is 10.1. The zero-order chi connectivity index (χ0) is 8.10. The molecule has 0 aromatic heterocycles. The van der Waals surface area contributed by atoms with Crippen molar-refractivity contribution in [1.82, 2.24) is 0 Å². The molecule has 0 spiro atoms. The molecule has 2 N–H and O–H groups in total. The van der Waals surface area contributed by atoms with E-state index < -0.39 is 0 Å². The van der Waals surface area contributed by atoms with E-state index in [0.717, 1.165) is 18.9 Å². The number of allylic oxidation sites excluding steroid dienone is 3. The molecule has 62 valence electrons. The van der Waals surface area contributed by atoms with Crippen LogP contribution >= 0.6 is 0 Å². The van der Waals surface area contributed by atoms with E-state index in [1.54, 1.807) is 0 Å². The zero-order valence-corrected chi connectivity index (χ0v) is 7.22. The maximum absolute atomic E-state index is 5.48. The average Bonchev–Trinajstić information content (AvgIpc) is 2.73. The maximum Gasteiger partial charge on any atom is -0.00368 e. The maximum atomic E-state index is 5.48. The summed E-state index contributed by atoms with van der Waals surface area (Å²) in [7, 11) is 0. The quantitative estimate of drug-likeness (QED) is 0.613. The lowest BCUT2D eigenvalue weighted by Gasteiger charge is -1.97. The molecule has 11 heavy (non-hydrogen) atoms. The van der Waals surface area contributed by atoms with Crippen LogP contribution in [-0.4, -0.2) is 6.54 Å². The molecular weight excluding hydrogens is 134 g/mol. The van der Waals surface area contributed by atoms with Gasteiger partial charge in [-0.05, 0) is 38.6 Å². The molecule has 1 heteroatoms. The molecule has 0 radical (unpaired) electrons. The Balaban J connectivity index is 2.42. The van der Waals surface area contributed by atoms with Gasteiger partial charge in [0.2, 0.25) is 0 Å². The minimum Gasteiger partial charge on any atom is -0.330 e. The Morgan fingerprint density at radius 2 is 2.27 bits per heavy atom. The Hall–Kier alpha value is -0.560. The molecule has 0 aliphatic heterocycles. The van der Waals surface area contributed by atoms with Gasteiger partial charge in [0.1, 0.15) is 0 Å². The summed E-state index contributed by atoms with van der Waals surface area (Å²) in [6.07, 6.45) is 10.4. The zero-order valence-electron chi connectivity index (χ0n) is 7.22. The van der Waals surface area contributed by atoms with Gasteiger partial charge in [-0.15, -0.1) is 0 Å². The topological polar surface area (TPSA) is 26.0 Å². The van der Waals surface area contributed by atoms with Crippen LogP contribution in [-0.2, 0) is 0 Å². The van der Waals surface area contributed by atoms with Crippen LogP contribution in [0.4, 0.5) is 0 Å². The van der Waals surface area contributed by atoms with Crippen molar-refractivity contribution in [2.75, 3.05) is 6.54 Å². The monoisotopic (exact) mass is 151 g/mol. The first-order chi connectivity index (χ1) is 5.36. The van der Waals surface area contributed by atoms with E-state index in [-0.39, 0.29) is 0 Å². The second kappa shape index (κ2) is 4.35. The third kappa shape index (κ3) is 3.38. The van der Waals surface area contributed by atoms with Gasteiger partial charge in [0.25, 0.3) is 0 Å². The van der Waals surface area contributed by atoms with Gasteiger partial charge in [0.05, 0.1) is 0 Å². The van der Waals surface area contributed by atoms with Crippen molar-refractivity contribution in [3.05, 3.63) is 23.8 Å². The average molecular weight is 151 g/mol. The Labute approximate surface area is 69.0 Å². The van der Waals surface area contributed by atoms with Crippen molar-refractivity contribution in [1.29, 1.82) is 0 Å². The lowest BCUT2D eigenvalue weighted by Crippen LogP contribution is -1.99. The summed E-state index contributed by atoms with van der Waals surface area (Å²) in [4.78, 5) is 0. The summed E-state index contributed by atoms with van der Waals surface area (Å²) in [5.41, 5.74) is 6.90. The van der Waals surface area contributed by atoms with Crippen molar-refractivity contribution < 1.29 is 0 Å². The molecule has 0 bridgehead atoms. The molecule has 1 aliphatic rings. The molecule has 1 rings (SSSR count). The second-order valence-electron chi connectivity index (χ2n) is 3.12. The van der Waals surface area contributed by atoms with Crippen LogP contribution < -0.4 is 5.73 Å². The van der Waals surface area contributed by atoms with E-state index in [4.69, 9.17) is 5.73 Å². The predicted molar refractivity (Wildman–Crippen MR) is 49.3 cm³/mol. The highest BCUT2D eigenvalue weighted by Crippen LogP contribution is 2.31. The minimum atomic E-state index is 0.767. The third-order valence-corrected chi connectivity index (χ3v) is 1.89. The highest BCUT2D eigenvalue weighted by molar-refractivity contribution is 5.21. The highest BCUT2D eigenvalue weighted by Gasteiger charge is 2.18. The van der Waals surface area contributed by atoms with Gasteiger partial charge in [-0.25, -0.2) is 0 Å². The Morgan fingerprint density at radius 3 is 2.73 bits per heavy atom. The molecule has 0 amide bonds. The SMILES string of the molecule is C/C=C\C(=C/C1CC1)CCN. The number of rotatable bonds is 4. The number of hydrogen-bond acceptors (Lipinski definition) is 1. The fourth-order valence-electron chi connectivity index (χ4n) is 1.17. The van der Waals surface area contributed by atoms with Gasteiger partial charge in [0, 0.05) is 0 Å². The van der Waals surface area contributed by atoms with Crippen LogP contribution in [0.25, 0.3) is 0 Å². The molecular formula is C10H17N. The molecule has 1 saturated carbocycles. The smallest absolute Gasteiger partial charge is 0.00368 e. The van der Waals surface area contributed by atoms with Crippen LogP contribution in [0, 0.1) is 5.92 Å². The third-order valence-electron chi connectivity index (χ3n) is 1.89. The minimum absolute atomic E-state index is 0.767.